The van der Waals surface area contributed by atoms with Gasteiger partial charge in [0, 0.05) is 30.3 Å². The van der Waals surface area contributed by atoms with E-state index < -0.39 is 0 Å². The number of ether oxygens (including phenoxy) is 1. The van der Waals surface area contributed by atoms with Gasteiger partial charge in [0.15, 0.2) is 5.82 Å². The molecule has 2 aromatic rings. The third-order valence-corrected chi connectivity index (χ3v) is 4.36. The average Bonchev–Trinajstić information content (AvgIpc) is 2.61. The number of piperidine rings is 1. The monoisotopic (exact) mass is 346 g/mol. The first kappa shape index (κ1) is 17.1. The van der Waals surface area contributed by atoms with Crippen molar-refractivity contribution in [2.75, 3.05) is 32.1 Å². The Kier molecular flexibility index (Phi) is 6.01. The van der Waals surface area contributed by atoms with Gasteiger partial charge in [0.1, 0.15) is 5.82 Å². The molecule has 1 atom stereocenters. The van der Waals surface area contributed by atoms with Crippen LogP contribution in [-0.2, 0) is 11.3 Å². The quantitative estimate of drug-likeness (QED) is 0.840. The number of nitrogens with zero attached hydrogens (tertiary/aromatic N) is 2. The van der Waals surface area contributed by atoms with E-state index >= 15 is 0 Å². The summed E-state index contributed by atoms with van der Waals surface area (Å²) >= 11 is 6.10. The van der Waals surface area contributed by atoms with Crippen molar-refractivity contribution < 1.29 is 4.74 Å². The molecule has 2 N–H and O–H groups in total. The van der Waals surface area contributed by atoms with Gasteiger partial charge in [-0.05, 0) is 44.0 Å². The number of nitrogens with one attached hydrogen (secondary N) is 2. The van der Waals surface area contributed by atoms with Crippen molar-refractivity contribution >= 4 is 17.4 Å². The molecule has 0 bridgehead atoms. The molecule has 1 aliphatic rings. The molecular formula is C18H23ClN4O. The van der Waals surface area contributed by atoms with Crippen LogP contribution in [0.5, 0.6) is 0 Å². The van der Waals surface area contributed by atoms with E-state index in [0.29, 0.717) is 23.4 Å². The van der Waals surface area contributed by atoms with Gasteiger partial charge in [0.25, 0.3) is 0 Å². The highest BCUT2D eigenvalue weighted by Crippen LogP contribution is 2.22. The van der Waals surface area contributed by atoms with Gasteiger partial charge in [-0.1, -0.05) is 23.7 Å². The van der Waals surface area contributed by atoms with Gasteiger partial charge in [-0.3, -0.25) is 0 Å². The summed E-state index contributed by atoms with van der Waals surface area (Å²) in [5, 5.41) is 7.57. The number of rotatable bonds is 6. The van der Waals surface area contributed by atoms with Crippen molar-refractivity contribution in [3.8, 4) is 11.4 Å². The number of benzene rings is 1. The summed E-state index contributed by atoms with van der Waals surface area (Å²) in [6.45, 7) is 3.55. The van der Waals surface area contributed by atoms with Crippen LogP contribution < -0.4 is 10.6 Å². The predicted molar refractivity (Wildman–Crippen MR) is 97.3 cm³/mol. The smallest absolute Gasteiger partial charge is 0.161 e. The van der Waals surface area contributed by atoms with Crippen molar-refractivity contribution in [2.45, 2.75) is 19.4 Å². The zero-order valence-electron chi connectivity index (χ0n) is 13.9. The van der Waals surface area contributed by atoms with Crippen LogP contribution in [0.15, 0.2) is 30.3 Å². The maximum Gasteiger partial charge on any atom is 0.161 e. The molecule has 1 unspecified atom stereocenters. The minimum Gasteiger partial charge on any atom is -0.378 e. The Hall–Kier alpha value is -1.69. The second-order valence-corrected chi connectivity index (χ2v) is 6.54. The molecule has 0 spiro atoms. The molecule has 0 aliphatic carbocycles. The Morgan fingerprint density at radius 3 is 3.00 bits per heavy atom. The second-order valence-electron chi connectivity index (χ2n) is 6.10. The number of halogens is 1. The number of anilines is 1. The van der Waals surface area contributed by atoms with Gasteiger partial charge in [-0.2, -0.15) is 0 Å². The Bertz CT molecular complexity index is 674. The van der Waals surface area contributed by atoms with Crippen LogP contribution in [0.4, 0.5) is 5.82 Å². The van der Waals surface area contributed by atoms with Crippen LogP contribution in [0.3, 0.4) is 0 Å². The van der Waals surface area contributed by atoms with Gasteiger partial charge in [-0.15, -0.1) is 0 Å². The molecule has 0 radical (unpaired) electrons. The number of hydrogen-bond donors (Lipinski definition) is 2. The van der Waals surface area contributed by atoms with Crippen molar-refractivity contribution in [1.82, 2.24) is 15.3 Å². The number of aromatic nitrogens is 2. The van der Waals surface area contributed by atoms with E-state index in [9.17, 15) is 0 Å². The second kappa shape index (κ2) is 8.42. The summed E-state index contributed by atoms with van der Waals surface area (Å²) in [6, 6.07) is 9.55. The molecule has 128 valence electrons. The third-order valence-electron chi connectivity index (χ3n) is 4.13. The van der Waals surface area contributed by atoms with Crippen molar-refractivity contribution in [1.29, 1.82) is 0 Å². The molecule has 0 amide bonds. The largest absolute Gasteiger partial charge is 0.378 e. The van der Waals surface area contributed by atoms with E-state index in [-0.39, 0.29) is 0 Å². The molecule has 1 fully saturated rings. The highest BCUT2D eigenvalue weighted by atomic mass is 35.5. The lowest BCUT2D eigenvalue weighted by Crippen LogP contribution is -2.33. The lowest BCUT2D eigenvalue weighted by atomic mass is 10.00. The molecule has 0 saturated carbocycles. The van der Waals surface area contributed by atoms with Crippen molar-refractivity contribution in [3.05, 3.63) is 41.0 Å². The molecule has 24 heavy (non-hydrogen) atoms. The Morgan fingerprint density at radius 2 is 2.25 bits per heavy atom. The van der Waals surface area contributed by atoms with Gasteiger partial charge in [0.05, 0.1) is 12.3 Å². The van der Waals surface area contributed by atoms with E-state index in [4.69, 9.17) is 16.3 Å². The summed E-state index contributed by atoms with van der Waals surface area (Å²) < 4.78 is 5.24. The topological polar surface area (TPSA) is 59.1 Å². The van der Waals surface area contributed by atoms with E-state index in [1.807, 2.05) is 30.3 Å². The SMILES string of the molecule is COCc1cc(NCC2CCCNC2)nc(-c2cccc(Cl)c2)n1. The Balaban J connectivity index is 1.79. The normalized spacial score (nSPS) is 17.7. The molecule has 1 aromatic heterocycles. The zero-order valence-corrected chi connectivity index (χ0v) is 14.6. The van der Waals surface area contributed by atoms with E-state index in [1.165, 1.54) is 12.8 Å². The predicted octanol–water partition coefficient (Wildman–Crippen LogP) is 3.35. The number of methoxy groups -OCH3 is 1. The average molecular weight is 347 g/mol. The van der Waals surface area contributed by atoms with Gasteiger partial charge in [-0.25, -0.2) is 9.97 Å². The fraction of sp³-hybridized carbons (Fsp3) is 0.444. The maximum atomic E-state index is 6.10. The molecule has 1 saturated heterocycles. The maximum absolute atomic E-state index is 6.10. The molecule has 6 heteroatoms. The molecule has 5 nitrogen and oxygen atoms in total. The van der Waals surface area contributed by atoms with E-state index in [0.717, 1.165) is 36.7 Å². The first-order valence-corrected chi connectivity index (χ1v) is 8.70. The highest BCUT2D eigenvalue weighted by Gasteiger charge is 2.14. The van der Waals surface area contributed by atoms with Crippen LogP contribution in [0, 0.1) is 5.92 Å². The minimum absolute atomic E-state index is 0.454. The first-order chi connectivity index (χ1) is 11.7. The summed E-state index contributed by atoms with van der Waals surface area (Å²) in [4.78, 5) is 9.24. The zero-order chi connectivity index (χ0) is 16.8. The Labute approximate surface area is 147 Å². The minimum atomic E-state index is 0.454. The standard InChI is InChI=1S/C18H23ClN4O/c1-24-12-16-9-17(21-11-13-4-3-7-20-10-13)23-18(22-16)14-5-2-6-15(19)8-14/h2,5-6,8-9,13,20H,3-4,7,10-12H2,1H3,(H,21,22,23). The molecule has 1 aromatic carbocycles. The van der Waals surface area contributed by atoms with Gasteiger partial charge in [0.2, 0.25) is 0 Å². The number of hydrogen-bond acceptors (Lipinski definition) is 5. The van der Waals surface area contributed by atoms with Gasteiger partial charge >= 0.3 is 0 Å². The Morgan fingerprint density at radius 1 is 1.33 bits per heavy atom. The lowest BCUT2D eigenvalue weighted by Gasteiger charge is -2.23. The fourth-order valence-electron chi connectivity index (χ4n) is 2.91. The van der Waals surface area contributed by atoms with E-state index in [1.54, 1.807) is 7.11 Å². The van der Waals surface area contributed by atoms with Crippen LogP contribution in [0.25, 0.3) is 11.4 Å². The lowest BCUT2D eigenvalue weighted by molar-refractivity contribution is 0.181. The summed E-state index contributed by atoms with van der Waals surface area (Å²) in [5.74, 6) is 2.13. The first-order valence-electron chi connectivity index (χ1n) is 8.32. The van der Waals surface area contributed by atoms with Crippen LogP contribution >= 0.6 is 11.6 Å². The van der Waals surface area contributed by atoms with E-state index in [2.05, 4.69) is 20.6 Å². The third kappa shape index (κ3) is 4.66. The van der Waals surface area contributed by atoms with Crippen molar-refractivity contribution in [2.24, 2.45) is 5.92 Å². The fourth-order valence-corrected chi connectivity index (χ4v) is 3.10. The molecule has 1 aliphatic heterocycles. The van der Waals surface area contributed by atoms with Gasteiger partial charge < -0.3 is 15.4 Å². The summed E-state index contributed by atoms with van der Waals surface area (Å²) in [7, 11) is 1.67. The van der Waals surface area contributed by atoms with Crippen LogP contribution in [0.2, 0.25) is 5.02 Å². The molecule has 2 heterocycles. The molecular weight excluding hydrogens is 324 g/mol. The summed E-state index contributed by atoms with van der Waals surface area (Å²) in [6.07, 6.45) is 2.48. The highest BCUT2D eigenvalue weighted by molar-refractivity contribution is 6.30. The molecule has 3 rings (SSSR count). The van der Waals surface area contributed by atoms with Crippen LogP contribution in [0.1, 0.15) is 18.5 Å². The summed E-state index contributed by atoms with van der Waals surface area (Å²) in [5.41, 5.74) is 1.76. The van der Waals surface area contributed by atoms with Crippen LogP contribution in [-0.4, -0.2) is 36.7 Å². The van der Waals surface area contributed by atoms with Crippen molar-refractivity contribution in [3.63, 3.8) is 0 Å².